The lowest BCUT2D eigenvalue weighted by Gasteiger charge is -2.54. The van der Waals surface area contributed by atoms with E-state index in [2.05, 4.69) is 9.80 Å². The van der Waals surface area contributed by atoms with Gasteiger partial charge in [0.1, 0.15) is 12.2 Å². The molecular formula is C33H47N3O9. The fourth-order valence-corrected chi connectivity index (χ4v) is 8.68. The Balaban J connectivity index is 1.34. The second kappa shape index (κ2) is 12.4. The SMILES string of the molecule is COC[C@H]1OC(=O)/C(=C/N2CCN(CCN3CCOCC3)CC2)C2=C(O)C(=O)C3=C([C@H](OC(C)=O)C[C@]4(C)[C@@H](O)CC[C@@H]34)[C@]21C. The first-order chi connectivity index (χ1) is 21.5. The molecule has 6 atom stereocenters. The first-order valence-electron chi connectivity index (χ1n) is 16.3. The molecule has 1 saturated carbocycles. The minimum Gasteiger partial charge on any atom is -0.504 e. The van der Waals surface area contributed by atoms with Gasteiger partial charge in [0.05, 0.1) is 36.9 Å². The van der Waals surface area contributed by atoms with Crippen molar-refractivity contribution in [2.75, 3.05) is 79.3 Å². The summed E-state index contributed by atoms with van der Waals surface area (Å²) < 4.78 is 22.9. The number of cyclic esters (lactones) is 1. The molecule has 6 rings (SSSR count). The highest BCUT2D eigenvalue weighted by Crippen LogP contribution is 2.63. The number of aliphatic hydroxyl groups excluding tert-OH is 2. The summed E-state index contributed by atoms with van der Waals surface area (Å²) in [5.74, 6) is -2.57. The predicted octanol–water partition coefficient (Wildman–Crippen LogP) is 1.20. The molecule has 12 heteroatoms. The highest BCUT2D eigenvalue weighted by atomic mass is 16.6. The lowest BCUT2D eigenvalue weighted by atomic mass is 9.53. The number of morpholine rings is 1. The summed E-state index contributed by atoms with van der Waals surface area (Å²) >= 11 is 0. The number of allylic oxidation sites excluding steroid dienone is 1. The number of aliphatic hydroxyl groups is 2. The quantitative estimate of drug-likeness (QED) is 0.309. The number of piperazine rings is 1. The minimum absolute atomic E-state index is 0.0104. The zero-order chi connectivity index (χ0) is 32.1. The molecule has 6 aliphatic rings. The molecule has 0 aromatic carbocycles. The van der Waals surface area contributed by atoms with Gasteiger partial charge in [-0.05, 0) is 37.7 Å². The van der Waals surface area contributed by atoms with Crippen molar-refractivity contribution in [2.24, 2.45) is 16.7 Å². The number of hydrogen-bond donors (Lipinski definition) is 2. The Bertz CT molecular complexity index is 1310. The van der Waals surface area contributed by atoms with Gasteiger partial charge in [-0.25, -0.2) is 4.79 Å². The van der Waals surface area contributed by atoms with Gasteiger partial charge in [0.2, 0.25) is 5.78 Å². The molecule has 45 heavy (non-hydrogen) atoms. The van der Waals surface area contributed by atoms with Crippen LogP contribution >= 0.6 is 0 Å². The van der Waals surface area contributed by atoms with E-state index in [4.69, 9.17) is 18.9 Å². The summed E-state index contributed by atoms with van der Waals surface area (Å²) in [5, 5.41) is 22.8. The third-order valence-electron chi connectivity index (χ3n) is 11.2. The summed E-state index contributed by atoms with van der Waals surface area (Å²) in [7, 11) is 1.50. The fraction of sp³-hybridized carbons (Fsp3) is 0.727. The predicted molar refractivity (Wildman–Crippen MR) is 162 cm³/mol. The van der Waals surface area contributed by atoms with Crippen LogP contribution in [-0.4, -0.2) is 140 Å². The zero-order valence-electron chi connectivity index (χ0n) is 26.9. The monoisotopic (exact) mass is 629 g/mol. The van der Waals surface area contributed by atoms with Crippen LogP contribution in [0.25, 0.3) is 0 Å². The molecule has 248 valence electrons. The lowest BCUT2D eigenvalue weighted by molar-refractivity contribution is -0.161. The van der Waals surface area contributed by atoms with E-state index in [1.54, 1.807) is 6.20 Å². The maximum Gasteiger partial charge on any atom is 0.340 e. The molecule has 0 radical (unpaired) electrons. The summed E-state index contributed by atoms with van der Waals surface area (Å²) in [6, 6.07) is 0. The van der Waals surface area contributed by atoms with Crippen LogP contribution in [0.2, 0.25) is 0 Å². The topological polar surface area (TPSA) is 138 Å². The molecule has 3 saturated heterocycles. The van der Waals surface area contributed by atoms with Crippen LogP contribution in [0.5, 0.6) is 0 Å². The smallest absolute Gasteiger partial charge is 0.340 e. The molecule has 0 unspecified atom stereocenters. The maximum absolute atomic E-state index is 14.2. The Morgan fingerprint density at radius 1 is 1.04 bits per heavy atom. The van der Waals surface area contributed by atoms with E-state index >= 15 is 0 Å². The summed E-state index contributed by atoms with van der Waals surface area (Å²) in [5.41, 5.74) is -0.699. The minimum atomic E-state index is -1.21. The lowest BCUT2D eigenvalue weighted by Crippen LogP contribution is -2.57. The van der Waals surface area contributed by atoms with Crippen LogP contribution < -0.4 is 0 Å². The average molecular weight is 630 g/mol. The molecule has 0 spiro atoms. The second-order valence-corrected chi connectivity index (χ2v) is 13.8. The number of carbonyl (C=O) groups excluding carboxylic acids is 3. The molecule has 4 fully saturated rings. The van der Waals surface area contributed by atoms with Crippen LogP contribution in [0.1, 0.15) is 40.0 Å². The average Bonchev–Trinajstić information content (AvgIpc) is 3.31. The van der Waals surface area contributed by atoms with E-state index in [1.165, 1.54) is 14.0 Å². The number of nitrogens with zero attached hydrogens (tertiary/aromatic N) is 3. The number of Topliss-reactive ketones (excluding diaryl/α,β-unsaturated/α-hetero) is 1. The van der Waals surface area contributed by atoms with Gasteiger partial charge < -0.3 is 34.1 Å². The van der Waals surface area contributed by atoms with Crippen LogP contribution in [0.3, 0.4) is 0 Å². The van der Waals surface area contributed by atoms with Crippen LogP contribution in [-0.2, 0) is 33.3 Å². The van der Waals surface area contributed by atoms with E-state index in [0.717, 1.165) is 52.5 Å². The van der Waals surface area contributed by atoms with Gasteiger partial charge in [0, 0.05) is 89.2 Å². The van der Waals surface area contributed by atoms with Gasteiger partial charge in [0.25, 0.3) is 0 Å². The van der Waals surface area contributed by atoms with Gasteiger partial charge in [-0.3, -0.25) is 19.4 Å². The van der Waals surface area contributed by atoms with Crippen molar-refractivity contribution >= 4 is 17.7 Å². The number of carbonyl (C=O) groups is 3. The first-order valence-corrected chi connectivity index (χ1v) is 16.3. The first kappa shape index (κ1) is 32.2. The molecule has 0 aromatic heterocycles. The van der Waals surface area contributed by atoms with Gasteiger partial charge >= 0.3 is 11.9 Å². The van der Waals surface area contributed by atoms with Gasteiger partial charge in [-0.2, -0.15) is 0 Å². The number of esters is 2. The van der Waals surface area contributed by atoms with Gasteiger partial charge in [0.15, 0.2) is 5.76 Å². The zero-order valence-corrected chi connectivity index (χ0v) is 26.9. The number of fused-ring (bicyclic) bond motifs is 4. The molecule has 3 aliphatic heterocycles. The molecule has 0 amide bonds. The third-order valence-corrected chi connectivity index (χ3v) is 11.2. The van der Waals surface area contributed by atoms with E-state index in [1.807, 2.05) is 18.7 Å². The van der Waals surface area contributed by atoms with Crippen molar-refractivity contribution in [3.8, 4) is 0 Å². The summed E-state index contributed by atoms with van der Waals surface area (Å²) in [6.07, 6.45) is 0.662. The van der Waals surface area contributed by atoms with Gasteiger partial charge in [-0.1, -0.05) is 6.92 Å². The van der Waals surface area contributed by atoms with E-state index in [0.29, 0.717) is 43.5 Å². The molecule has 3 heterocycles. The molecule has 0 aromatic rings. The van der Waals surface area contributed by atoms with Crippen LogP contribution in [0.4, 0.5) is 0 Å². The normalized spacial score (nSPS) is 37.0. The number of hydrogen-bond acceptors (Lipinski definition) is 12. The van der Waals surface area contributed by atoms with Crippen molar-refractivity contribution in [1.82, 2.24) is 14.7 Å². The van der Waals surface area contributed by atoms with Crippen LogP contribution in [0.15, 0.2) is 34.3 Å². The molecule has 2 N–H and O–H groups in total. The Morgan fingerprint density at radius 2 is 1.71 bits per heavy atom. The van der Waals surface area contributed by atoms with E-state index < -0.39 is 52.6 Å². The number of methoxy groups -OCH3 is 1. The molecule has 0 bridgehead atoms. The van der Waals surface area contributed by atoms with Crippen LogP contribution in [0, 0.1) is 16.7 Å². The Hall–Kier alpha value is -2.77. The largest absolute Gasteiger partial charge is 0.504 e. The van der Waals surface area contributed by atoms with Crippen molar-refractivity contribution in [3.05, 3.63) is 34.3 Å². The maximum atomic E-state index is 14.2. The summed E-state index contributed by atoms with van der Waals surface area (Å²) in [4.78, 5) is 47.1. The Morgan fingerprint density at radius 3 is 2.36 bits per heavy atom. The van der Waals surface area contributed by atoms with Crippen molar-refractivity contribution in [3.63, 3.8) is 0 Å². The molecule has 12 nitrogen and oxygen atoms in total. The third kappa shape index (κ3) is 5.52. The number of ether oxygens (including phenoxy) is 4. The highest BCUT2D eigenvalue weighted by Gasteiger charge is 2.64. The second-order valence-electron chi connectivity index (χ2n) is 13.8. The van der Waals surface area contributed by atoms with E-state index in [9.17, 15) is 24.6 Å². The van der Waals surface area contributed by atoms with Crippen molar-refractivity contribution in [2.45, 2.75) is 58.3 Å². The highest BCUT2D eigenvalue weighted by molar-refractivity contribution is 6.13. The molecule has 3 aliphatic carbocycles. The Labute approximate surface area is 264 Å². The fourth-order valence-electron chi connectivity index (χ4n) is 8.68. The van der Waals surface area contributed by atoms with Crippen molar-refractivity contribution < 1.29 is 43.5 Å². The van der Waals surface area contributed by atoms with Gasteiger partial charge in [-0.15, -0.1) is 0 Å². The Kier molecular flexibility index (Phi) is 8.90. The van der Waals surface area contributed by atoms with E-state index in [-0.39, 0.29) is 23.7 Å². The van der Waals surface area contributed by atoms with Crippen molar-refractivity contribution in [1.29, 1.82) is 0 Å². The summed E-state index contributed by atoms with van der Waals surface area (Å²) in [6.45, 7) is 13.4. The number of rotatable bonds is 7. The molecular weight excluding hydrogens is 582 g/mol. The number of ketones is 1. The standard InChI is InChI=1S/C33H47N3O9/c1-20(37)44-23-17-32(2)22(5-6-24(32)38)26-28(23)33(3)25(19-42-4)45-31(41)21(27(33)30(40)29(26)39)18-36-11-9-34(10-12-36)7-8-35-13-15-43-16-14-35/h18,22-25,38,40H,5-17,19H2,1-4H3/b21-18+/t22-,23+,24-,25+,32-,33-/m0/s1.